The van der Waals surface area contributed by atoms with Crippen molar-refractivity contribution in [1.29, 1.82) is 0 Å². The summed E-state index contributed by atoms with van der Waals surface area (Å²) in [6.45, 7) is 8.69. The van der Waals surface area contributed by atoms with Crippen molar-refractivity contribution < 1.29 is 38.1 Å². The van der Waals surface area contributed by atoms with E-state index in [1.54, 1.807) is 0 Å². The first-order valence-corrected chi connectivity index (χ1v) is 44.5. The minimum absolute atomic E-state index is 0.161. The molecule has 4 amide bonds. The molecule has 0 saturated carbocycles. The second-order valence-electron chi connectivity index (χ2n) is 35.8. The minimum atomic E-state index is -0.590. The predicted octanol–water partition coefficient (Wildman–Crippen LogP) is 28.8. The van der Waals surface area contributed by atoms with Gasteiger partial charge < -0.3 is 37.2 Å². The molecule has 612 valence electrons. The Morgan fingerprint density at radius 1 is 0.200 bits per heavy atom. The maximum Gasteiger partial charge on any atom is 0.266 e. The number of carbonyl (C=O) groups is 4. The monoisotopic (exact) mass is 1670 g/mol. The Morgan fingerprint density at radius 3 is 0.677 bits per heavy atom. The van der Waals surface area contributed by atoms with Gasteiger partial charge in [-0.3, -0.25) is 19.2 Å². The standard InChI is InChI=1S/C116H70N6O8/c1-59-63-43-47-75-71-23-5-9-31-83(71)117(91(75)51-63)87-35-13-17-39-95(87)127-99-55-79-103-80-56-100(128-96-40-18-14-36-88(96)118-84-32-10-6-24-72(84)76-48-44-64(52-92(76)118)60(2)68-28-21-27-67(59)111(68)121(113(79)123)114(80)124)106-108-102-58-82-104-81-57-101(107(110(104)108)105(99)109(103)106)129-97-41-19-15-37-89(97)119-85-33-11-7-25-73(85)77-49-45-65(53-93(77)119)61(3)69-29-22-30-70(112(69)122(115(81)125)116(82)126)62(4)66-46-50-78-74-26-8-12-34-86(74)120(94(78)54-66)90-38-16-20-42-98(90)130-102/h5-62H,1-4H3. The Bertz CT molecular complexity index is 8250. The number of anilines is 2. The summed E-state index contributed by atoms with van der Waals surface area (Å²) in [4.78, 5) is 74.9. The summed E-state index contributed by atoms with van der Waals surface area (Å²) in [7, 11) is 0. The van der Waals surface area contributed by atoms with Crippen LogP contribution < -0.4 is 28.7 Å². The third-order valence-corrected chi connectivity index (χ3v) is 29.5. The van der Waals surface area contributed by atoms with E-state index in [0.29, 0.717) is 100 Å². The second-order valence-corrected chi connectivity index (χ2v) is 35.8. The molecule has 130 heavy (non-hydrogen) atoms. The van der Waals surface area contributed by atoms with Crippen LogP contribution in [0, 0.1) is 0 Å². The lowest BCUT2D eigenvalue weighted by Gasteiger charge is -2.35. The number of hydrogen-bond donors (Lipinski definition) is 0. The third kappa shape index (κ3) is 9.19. The fraction of sp³-hybridized carbons (Fsp3) is 0.0690. The number of aromatic nitrogens is 4. The fourth-order valence-electron chi connectivity index (χ4n) is 23.5. The average molecular weight is 1680 g/mol. The van der Waals surface area contributed by atoms with Crippen molar-refractivity contribution in [3.05, 3.63) is 394 Å². The summed E-state index contributed by atoms with van der Waals surface area (Å²) in [6, 6.07) is 112. The van der Waals surface area contributed by atoms with E-state index in [9.17, 15) is 0 Å². The fourth-order valence-corrected chi connectivity index (χ4v) is 23.5. The van der Waals surface area contributed by atoms with Gasteiger partial charge in [0.15, 0.2) is 23.0 Å². The van der Waals surface area contributed by atoms with Gasteiger partial charge in [-0.1, -0.05) is 234 Å². The Morgan fingerprint density at radius 2 is 0.423 bits per heavy atom. The van der Waals surface area contributed by atoms with Crippen molar-refractivity contribution >= 4 is 165 Å². The van der Waals surface area contributed by atoms with Crippen LogP contribution in [0.5, 0.6) is 46.0 Å². The van der Waals surface area contributed by atoms with E-state index >= 15 is 19.2 Å². The Hall–Kier alpha value is -16.8. The lowest BCUT2D eigenvalue weighted by Crippen LogP contribution is -2.42. The van der Waals surface area contributed by atoms with Gasteiger partial charge in [-0.25, -0.2) is 9.80 Å². The first-order valence-electron chi connectivity index (χ1n) is 44.5. The number of ether oxygens (including phenoxy) is 4. The smallest absolute Gasteiger partial charge is 0.266 e. The summed E-state index contributed by atoms with van der Waals surface area (Å²) in [5.41, 5.74) is 18.4. The highest BCUT2D eigenvalue weighted by atomic mass is 16.5. The van der Waals surface area contributed by atoms with E-state index in [0.717, 1.165) is 132 Å². The molecule has 4 unspecified atom stereocenters. The van der Waals surface area contributed by atoms with E-state index in [-0.39, 0.29) is 45.3 Å². The number of rotatable bonds is 0. The van der Waals surface area contributed by atoms with Crippen LogP contribution in [0.15, 0.2) is 328 Å². The van der Waals surface area contributed by atoms with Gasteiger partial charge in [-0.05, 0) is 166 Å². The molecule has 10 heterocycles. The molecule has 4 aromatic heterocycles. The molecule has 29 rings (SSSR count). The molecule has 0 aliphatic carbocycles. The Labute approximate surface area is 741 Å². The topological polar surface area (TPSA) is 131 Å². The molecule has 0 N–H and O–H groups in total. The number of benzene rings is 19. The molecule has 0 spiro atoms. The highest BCUT2D eigenvalue weighted by Crippen LogP contribution is 2.62. The van der Waals surface area contributed by atoms with Gasteiger partial charge in [-0.2, -0.15) is 0 Å². The summed E-state index contributed by atoms with van der Waals surface area (Å²) in [5.74, 6) is -1.74. The van der Waals surface area contributed by atoms with Crippen molar-refractivity contribution in [2.75, 3.05) is 9.80 Å². The van der Waals surface area contributed by atoms with Crippen LogP contribution in [-0.4, -0.2) is 41.9 Å². The summed E-state index contributed by atoms with van der Waals surface area (Å²) >= 11 is 0. The van der Waals surface area contributed by atoms with Gasteiger partial charge >= 0.3 is 0 Å². The van der Waals surface area contributed by atoms with Crippen LogP contribution in [0.3, 0.4) is 0 Å². The summed E-state index contributed by atoms with van der Waals surface area (Å²) < 4.78 is 42.0. The SMILES string of the molecule is CC1c2ccc3c4ccccc4n(c3c2)-c2ccccc2Oc2cc3c4c5cc(c6c7c8cc9c%10c%11cc(c(c2c46)c%107)Oc2ccccc2-n2c4ccccc4c4ccc(cc42)C(C)c2cccc(c2N(C%11=O)C9=O)C(C)c2ccc4c6ccccc6n(c4c2)-c2ccccc2O8)Oc2ccccc2-n2c4ccccc4c4ccc(cc42)C(C)c2cccc1c2N(C3=O)C5=O. The molecular weight excluding hydrogens is 1610 g/mol. The number of amides is 4. The number of hydrogen-bond acceptors (Lipinski definition) is 8. The van der Waals surface area contributed by atoms with Gasteiger partial charge in [0.25, 0.3) is 23.6 Å². The largest absolute Gasteiger partial charge is 0.454 e. The van der Waals surface area contributed by atoms with Gasteiger partial charge in [0.2, 0.25) is 0 Å². The van der Waals surface area contributed by atoms with Crippen molar-refractivity contribution in [1.82, 2.24) is 18.3 Å². The molecular formula is C116H70N6O8. The number of carbonyl (C=O) groups excluding carboxylic acids is 4. The normalized spacial score (nSPS) is 16.4. The van der Waals surface area contributed by atoms with Crippen molar-refractivity contribution in [2.45, 2.75) is 51.4 Å². The first kappa shape index (κ1) is 71.4. The van der Waals surface area contributed by atoms with E-state index < -0.39 is 47.3 Å². The van der Waals surface area contributed by atoms with Gasteiger partial charge in [-0.15, -0.1) is 0 Å². The van der Waals surface area contributed by atoms with Crippen molar-refractivity contribution in [3.8, 4) is 68.7 Å². The highest BCUT2D eigenvalue weighted by molar-refractivity contribution is 6.48. The number of fused-ring (bicyclic) bond motifs is 34. The Balaban J connectivity index is 0.857. The molecule has 0 fully saturated rings. The zero-order valence-electron chi connectivity index (χ0n) is 70.4. The summed E-state index contributed by atoms with van der Waals surface area (Å²) in [5, 5.41) is 11.0. The van der Waals surface area contributed by atoms with Crippen LogP contribution in [0.2, 0.25) is 0 Å². The minimum Gasteiger partial charge on any atom is -0.454 e. The summed E-state index contributed by atoms with van der Waals surface area (Å²) in [6.07, 6.45) is 0. The number of para-hydroxylation sites is 14. The van der Waals surface area contributed by atoms with Crippen LogP contribution in [0.4, 0.5) is 11.4 Å². The highest BCUT2D eigenvalue weighted by Gasteiger charge is 2.46. The van der Waals surface area contributed by atoms with Crippen LogP contribution >= 0.6 is 0 Å². The van der Waals surface area contributed by atoms with Crippen LogP contribution in [-0.2, 0) is 0 Å². The maximum absolute atomic E-state index is 18.0. The van der Waals surface area contributed by atoms with E-state index in [1.165, 1.54) is 9.80 Å². The third-order valence-electron chi connectivity index (χ3n) is 29.5. The number of nitrogens with zero attached hydrogens (tertiary/aromatic N) is 6. The molecule has 18 bridgehead atoms. The van der Waals surface area contributed by atoms with E-state index in [4.69, 9.17) is 18.9 Å². The molecule has 0 saturated heterocycles. The van der Waals surface area contributed by atoms with E-state index in [2.05, 4.69) is 276 Å². The first-order chi connectivity index (χ1) is 63.8. The number of imide groups is 2. The Kier molecular flexibility index (Phi) is 14.0. The zero-order chi connectivity index (χ0) is 86.0. The van der Waals surface area contributed by atoms with Crippen molar-refractivity contribution in [3.63, 3.8) is 0 Å². The quantitative estimate of drug-likeness (QED) is 0.0833. The molecule has 19 aromatic carbocycles. The van der Waals surface area contributed by atoms with Gasteiger partial charge in [0.05, 0.1) is 101 Å². The lowest BCUT2D eigenvalue weighted by atomic mass is 9.79. The second kappa shape index (κ2) is 25.5. The van der Waals surface area contributed by atoms with Crippen molar-refractivity contribution in [2.24, 2.45) is 0 Å². The molecule has 4 atom stereocenters. The van der Waals surface area contributed by atoms with E-state index in [1.807, 2.05) is 97.1 Å². The van der Waals surface area contributed by atoms with Gasteiger partial charge in [0, 0.05) is 110 Å². The zero-order valence-corrected chi connectivity index (χ0v) is 70.4. The molecule has 6 aliphatic heterocycles. The maximum atomic E-state index is 18.0. The molecule has 0 radical (unpaired) electrons. The molecule has 14 nitrogen and oxygen atoms in total. The van der Waals surface area contributed by atoms with Gasteiger partial charge in [0.1, 0.15) is 23.0 Å². The molecule has 23 aromatic rings. The molecule has 14 heteroatoms. The molecule has 6 aliphatic rings. The van der Waals surface area contributed by atoms with Crippen LogP contribution in [0.1, 0.15) is 137 Å². The lowest BCUT2D eigenvalue weighted by molar-refractivity contribution is 0.0877. The predicted molar refractivity (Wildman–Crippen MR) is 516 cm³/mol. The van der Waals surface area contributed by atoms with Crippen LogP contribution in [0.25, 0.3) is 153 Å². The average Bonchev–Trinajstić information content (AvgIpc) is 0.752.